The zero-order chi connectivity index (χ0) is 9.42. The molecule has 13 heavy (non-hydrogen) atoms. The highest BCUT2D eigenvalue weighted by atomic mass is 35.5. The third kappa shape index (κ3) is 1.24. The Bertz CT molecular complexity index is 473. The van der Waals surface area contributed by atoms with Crippen molar-refractivity contribution in [1.82, 2.24) is 13.6 Å². The van der Waals surface area contributed by atoms with Crippen LogP contribution in [-0.2, 0) is 0 Å². The first kappa shape index (κ1) is 8.33. The van der Waals surface area contributed by atoms with Crippen molar-refractivity contribution in [1.29, 1.82) is 0 Å². The summed E-state index contributed by atoms with van der Waals surface area (Å²) in [6.45, 7) is 0. The topological polar surface area (TPSA) is 77.8 Å². The van der Waals surface area contributed by atoms with E-state index in [1.165, 1.54) is 6.07 Å². The van der Waals surface area contributed by atoms with Crippen molar-refractivity contribution in [3.8, 4) is 11.4 Å². The molecule has 1 N–H and O–H groups in total. The summed E-state index contributed by atoms with van der Waals surface area (Å²) in [6.07, 6.45) is 0. The van der Waals surface area contributed by atoms with E-state index in [-0.39, 0.29) is 10.4 Å². The Balaban J connectivity index is 2.96. The van der Waals surface area contributed by atoms with E-state index in [4.69, 9.17) is 11.6 Å². The van der Waals surface area contributed by atoms with Crippen LogP contribution in [0.25, 0.3) is 11.4 Å². The Kier molecular flexibility index (Phi) is 1.86. The third-order valence-corrected chi connectivity index (χ3v) is 2.47. The lowest BCUT2D eigenvalue weighted by Gasteiger charge is -2.04. The molecule has 5 nitrogen and oxygen atoms in total. The molecule has 2 rings (SSSR count). The molecule has 0 radical (unpaired) electrons. The standard InChI is InChI=1S/C6H3ClN3O2S/c7-3-1-2-4-5(9-13-8-4)6(3)10(11)12/h1-2,8H/q-1. The van der Waals surface area contributed by atoms with Crippen LogP contribution in [0.3, 0.4) is 0 Å². The van der Waals surface area contributed by atoms with Gasteiger partial charge in [-0.1, -0.05) is 11.6 Å². The maximum Gasteiger partial charge on any atom is 0.270 e. The van der Waals surface area contributed by atoms with Crippen LogP contribution in [0, 0.1) is 10.4 Å². The van der Waals surface area contributed by atoms with Crippen LogP contribution in [0.5, 0.6) is 0 Å². The third-order valence-electron chi connectivity index (χ3n) is 1.58. The Labute approximate surface area is 81.7 Å². The van der Waals surface area contributed by atoms with Gasteiger partial charge in [0.25, 0.3) is 5.36 Å². The molecule has 0 bridgehead atoms. The summed E-state index contributed by atoms with van der Waals surface area (Å²) in [5, 5.41) is 21.2. The van der Waals surface area contributed by atoms with Gasteiger partial charge in [0.05, 0.1) is 5.69 Å². The molecule has 0 unspecified atom stereocenters. The molecule has 0 fully saturated rings. The molecule has 1 aliphatic heterocycles. The van der Waals surface area contributed by atoms with Gasteiger partial charge in [-0.25, -0.2) is 0 Å². The minimum Gasteiger partial charge on any atom is -0.612 e. The molecule has 0 amide bonds. The first-order chi connectivity index (χ1) is 6.20. The van der Waals surface area contributed by atoms with E-state index in [1.54, 1.807) is 6.07 Å². The van der Waals surface area contributed by atoms with Crippen LogP contribution >= 0.6 is 23.3 Å². The Morgan fingerprint density at radius 2 is 2.23 bits per heavy atom. The van der Waals surface area contributed by atoms with Gasteiger partial charge in [-0.15, -0.1) is 0 Å². The van der Waals surface area contributed by atoms with Gasteiger partial charge in [0.15, 0.2) is 5.69 Å². The van der Waals surface area contributed by atoms with Crippen molar-refractivity contribution in [3.63, 3.8) is 0 Å². The second kappa shape index (κ2) is 2.90. The van der Waals surface area contributed by atoms with E-state index in [0.29, 0.717) is 11.4 Å². The molecule has 0 aromatic carbocycles. The molecule has 68 valence electrons. The van der Waals surface area contributed by atoms with Crippen molar-refractivity contribution in [2.45, 2.75) is 0 Å². The monoisotopic (exact) mass is 216 g/mol. The fourth-order valence-electron chi connectivity index (χ4n) is 1.02. The molecule has 0 aromatic rings. The van der Waals surface area contributed by atoms with Gasteiger partial charge in [-0.2, -0.15) is 9.28 Å². The number of nitrogens with one attached hydrogen (secondary N) is 1. The number of halogens is 1. The van der Waals surface area contributed by atoms with Crippen LogP contribution in [0.15, 0.2) is 12.1 Å². The first-order valence-corrected chi connectivity index (χ1v) is 4.45. The molecule has 0 spiro atoms. The van der Waals surface area contributed by atoms with Crippen molar-refractivity contribution in [3.05, 3.63) is 32.9 Å². The molecule has 0 aromatic heterocycles. The number of aromatic nitrogens is 2. The van der Waals surface area contributed by atoms with E-state index < -0.39 is 4.90 Å². The molecule has 2 aliphatic rings. The van der Waals surface area contributed by atoms with E-state index >= 15 is 0 Å². The van der Waals surface area contributed by atoms with Crippen LogP contribution in [-0.4, -0.2) is 8.75 Å². The van der Waals surface area contributed by atoms with E-state index in [0.717, 1.165) is 11.7 Å². The Hall–Kier alpha value is -1.27. The summed E-state index contributed by atoms with van der Waals surface area (Å²) in [4.78, 5) is -0.530. The molecule has 1 aliphatic carbocycles. The van der Waals surface area contributed by atoms with E-state index in [9.17, 15) is 10.4 Å². The van der Waals surface area contributed by atoms with Crippen molar-refractivity contribution >= 4 is 23.3 Å². The normalized spacial score (nSPS) is 10.5. The summed E-state index contributed by atoms with van der Waals surface area (Å²) in [6, 6.07) is 3.14. The van der Waals surface area contributed by atoms with Crippen molar-refractivity contribution < 1.29 is 0 Å². The first-order valence-electron chi connectivity index (χ1n) is 3.30. The fraction of sp³-hybridized carbons (Fsp3) is 0. The lowest BCUT2D eigenvalue weighted by Crippen LogP contribution is -2.22. The predicted molar refractivity (Wildman–Crippen MR) is 50.1 cm³/mol. The van der Waals surface area contributed by atoms with Crippen LogP contribution < -0.4 is 10.3 Å². The second-order valence-electron chi connectivity index (χ2n) is 2.33. The summed E-state index contributed by atoms with van der Waals surface area (Å²) >= 11 is 6.72. The Morgan fingerprint density at radius 1 is 1.46 bits per heavy atom. The number of rotatable bonds is 0. The average molecular weight is 217 g/mol. The number of nitrogens with zero attached hydrogens (tertiary/aromatic N) is 2. The van der Waals surface area contributed by atoms with Crippen molar-refractivity contribution in [2.75, 3.05) is 0 Å². The zero-order valence-corrected chi connectivity index (χ0v) is 7.72. The lowest BCUT2D eigenvalue weighted by molar-refractivity contribution is 0.965. The number of benzene rings is 1. The van der Waals surface area contributed by atoms with E-state index in [1.807, 2.05) is 0 Å². The number of H-pyrrole nitrogens is 1. The maximum absolute atomic E-state index is 10.6. The quantitative estimate of drug-likeness (QED) is 0.668. The highest BCUT2D eigenvalue weighted by molar-refractivity contribution is 6.99. The van der Waals surface area contributed by atoms with Gasteiger partial charge in [-0.3, -0.25) is 4.37 Å². The van der Waals surface area contributed by atoms with Gasteiger partial charge < -0.3 is 10.4 Å². The minimum atomic E-state index is -0.530. The van der Waals surface area contributed by atoms with Crippen molar-refractivity contribution in [2.24, 2.45) is 0 Å². The van der Waals surface area contributed by atoms with Gasteiger partial charge >= 0.3 is 0 Å². The highest BCUT2D eigenvalue weighted by Crippen LogP contribution is 2.16. The van der Waals surface area contributed by atoms with Gasteiger partial charge in [0, 0.05) is 11.7 Å². The Morgan fingerprint density at radius 3 is 2.92 bits per heavy atom. The molecule has 0 saturated carbocycles. The largest absolute Gasteiger partial charge is 0.612 e. The summed E-state index contributed by atoms with van der Waals surface area (Å²) in [5.74, 6) is 0. The smallest absolute Gasteiger partial charge is 0.270 e. The molecular formula is C6H3ClN3O2S-. The van der Waals surface area contributed by atoms with Crippen LogP contribution in [0.2, 0.25) is 5.02 Å². The molecule has 7 heteroatoms. The molecule has 1 heterocycles. The SMILES string of the molecule is [O-][N+]([O-])=c1c(Cl)ccc2[nH]snc1-2. The molecule has 0 saturated heterocycles. The van der Waals surface area contributed by atoms with Gasteiger partial charge in [-0.05, 0) is 12.1 Å². The highest BCUT2D eigenvalue weighted by Gasteiger charge is 2.14. The van der Waals surface area contributed by atoms with E-state index in [2.05, 4.69) is 8.75 Å². The predicted octanol–water partition coefficient (Wildman–Crippen LogP) is 0.997. The number of hydrogen-bond acceptors (Lipinski definition) is 4. The van der Waals surface area contributed by atoms with Gasteiger partial charge in [0.2, 0.25) is 0 Å². The number of fused-ring (bicyclic) bond motifs is 1. The average Bonchev–Trinajstić information content (AvgIpc) is 2.50. The number of aromatic amines is 1. The van der Waals surface area contributed by atoms with Crippen LogP contribution in [0.1, 0.15) is 0 Å². The summed E-state index contributed by atoms with van der Waals surface area (Å²) < 4.78 is 6.67. The minimum absolute atomic E-state index is 0.108. The zero-order valence-electron chi connectivity index (χ0n) is 6.15. The summed E-state index contributed by atoms with van der Waals surface area (Å²) in [5.41, 5.74) is 0.934. The van der Waals surface area contributed by atoms with Crippen LogP contribution in [0.4, 0.5) is 0 Å². The fourth-order valence-corrected chi connectivity index (χ4v) is 1.83. The maximum atomic E-state index is 10.6. The second-order valence-corrected chi connectivity index (χ2v) is 3.31. The lowest BCUT2D eigenvalue weighted by atomic mass is 10.2. The number of hydrogen-bond donors (Lipinski definition) is 1. The summed E-state index contributed by atoms with van der Waals surface area (Å²) in [7, 11) is 0. The molecular weight excluding hydrogens is 214 g/mol. The van der Waals surface area contributed by atoms with Gasteiger partial charge in [0.1, 0.15) is 5.02 Å². The molecule has 0 atom stereocenters.